The first-order valence-corrected chi connectivity index (χ1v) is 6.39. The number of imidazole rings is 1. The van der Waals surface area contributed by atoms with Crippen LogP contribution in [0.25, 0.3) is 11.2 Å². The fourth-order valence-electron chi connectivity index (χ4n) is 1.98. The van der Waals surface area contributed by atoms with Crippen LogP contribution >= 0.6 is 15.9 Å². The van der Waals surface area contributed by atoms with Crippen molar-refractivity contribution in [3.63, 3.8) is 0 Å². The van der Waals surface area contributed by atoms with Crippen LogP contribution in [0.1, 0.15) is 5.56 Å². The predicted octanol–water partition coefficient (Wildman–Crippen LogP) is 1.80. The molecular formula is C12H11BrN6. The summed E-state index contributed by atoms with van der Waals surface area (Å²) in [5, 5.41) is 0. The molecule has 2 heterocycles. The normalized spacial score (nSPS) is 11.0. The average molecular weight is 319 g/mol. The number of rotatable bonds is 2. The quantitative estimate of drug-likeness (QED) is 0.702. The topological polar surface area (TPSA) is 95.6 Å². The molecule has 0 saturated carbocycles. The summed E-state index contributed by atoms with van der Waals surface area (Å²) in [6.07, 6.45) is 3.14. The van der Waals surface area contributed by atoms with Gasteiger partial charge in [0.2, 0.25) is 0 Å². The molecule has 0 spiro atoms. The Kier molecular flexibility index (Phi) is 2.83. The number of anilines is 2. The largest absolute Gasteiger partial charge is 0.399 e. The minimum atomic E-state index is 0.387. The molecule has 4 N–H and O–H groups in total. The van der Waals surface area contributed by atoms with Gasteiger partial charge in [-0.25, -0.2) is 15.0 Å². The van der Waals surface area contributed by atoms with Gasteiger partial charge in [0.25, 0.3) is 0 Å². The second-order valence-corrected chi connectivity index (χ2v) is 5.11. The van der Waals surface area contributed by atoms with Crippen molar-refractivity contribution in [1.82, 2.24) is 19.5 Å². The van der Waals surface area contributed by atoms with Gasteiger partial charge in [-0.15, -0.1) is 0 Å². The molecule has 0 atom stereocenters. The zero-order valence-electron chi connectivity index (χ0n) is 9.92. The maximum atomic E-state index is 5.82. The van der Waals surface area contributed by atoms with Crippen molar-refractivity contribution >= 4 is 38.6 Å². The van der Waals surface area contributed by atoms with Gasteiger partial charge < -0.3 is 16.0 Å². The second kappa shape index (κ2) is 4.51. The van der Waals surface area contributed by atoms with Crippen LogP contribution in [0.2, 0.25) is 0 Å². The Morgan fingerprint density at radius 3 is 2.74 bits per heavy atom. The van der Waals surface area contributed by atoms with Crippen molar-refractivity contribution in [2.45, 2.75) is 6.54 Å². The van der Waals surface area contributed by atoms with E-state index in [1.54, 1.807) is 6.33 Å². The van der Waals surface area contributed by atoms with Crippen LogP contribution in [0.3, 0.4) is 0 Å². The zero-order chi connectivity index (χ0) is 13.4. The molecular weight excluding hydrogens is 308 g/mol. The average Bonchev–Trinajstić information content (AvgIpc) is 2.73. The van der Waals surface area contributed by atoms with E-state index < -0.39 is 0 Å². The van der Waals surface area contributed by atoms with E-state index in [4.69, 9.17) is 11.5 Å². The Balaban J connectivity index is 2.04. The third-order valence-electron chi connectivity index (χ3n) is 2.76. The van der Waals surface area contributed by atoms with Crippen LogP contribution < -0.4 is 11.5 Å². The first kappa shape index (κ1) is 11.9. The maximum absolute atomic E-state index is 5.82. The Labute approximate surface area is 117 Å². The van der Waals surface area contributed by atoms with Crippen molar-refractivity contribution in [2.75, 3.05) is 11.5 Å². The van der Waals surface area contributed by atoms with Crippen LogP contribution in [-0.4, -0.2) is 19.5 Å². The fraction of sp³-hybridized carbons (Fsp3) is 0.0833. The number of nitrogen functional groups attached to an aromatic ring is 2. The monoisotopic (exact) mass is 318 g/mol. The number of fused-ring (bicyclic) bond motifs is 1. The van der Waals surface area contributed by atoms with Crippen molar-refractivity contribution in [1.29, 1.82) is 0 Å². The van der Waals surface area contributed by atoms with Crippen molar-refractivity contribution in [3.05, 3.63) is 40.9 Å². The minimum absolute atomic E-state index is 0.387. The first-order chi connectivity index (χ1) is 9.13. The smallest absolute Gasteiger partial charge is 0.165 e. The highest BCUT2D eigenvalue weighted by Gasteiger charge is 2.08. The van der Waals surface area contributed by atoms with Crippen LogP contribution in [0.4, 0.5) is 11.5 Å². The lowest BCUT2D eigenvalue weighted by Gasteiger charge is -2.06. The van der Waals surface area contributed by atoms with Crippen LogP contribution in [0.15, 0.2) is 35.3 Å². The second-order valence-electron chi connectivity index (χ2n) is 4.20. The Bertz CT molecular complexity index is 731. The van der Waals surface area contributed by atoms with Gasteiger partial charge in [-0.2, -0.15) is 0 Å². The molecule has 0 fully saturated rings. The Morgan fingerprint density at radius 1 is 1.11 bits per heavy atom. The van der Waals surface area contributed by atoms with Gasteiger partial charge in [0.15, 0.2) is 11.5 Å². The highest BCUT2D eigenvalue weighted by Crippen LogP contribution is 2.20. The van der Waals surface area contributed by atoms with Gasteiger partial charge in [0.1, 0.15) is 11.8 Å². The molecule has 6 nitrogen and oxygen atoms in total. The van der Waals surface area contributed by atoms with E-state index >= 15 is 0 Å². The molecule has 0 unspecified atom stereocenters. The van der Waals surface area contributed by atoms with Crippen LogP contribution in [-0.2, 0) is 6.54 Å². The number of nitrogens with two attached hydrogens (primary N) is 2. The molecule has 0 saturated heterocycles. The minimum Gasteiger partial charge on any atom is -0.399 e. The Morgan fingerprint density at radius 2 is 1.95 bits per heavy atom. The summed E-state index contributed by atoms with van der Waals surface area (Å²) >= 11 is 3.43. The predicted molar refractivity (Wildman–Crippen MR) is 77.4 cm³/mol. The summed E-state index contributed by atoms with van der Waals surface area (Å²) in [6, 6.07) is 5.78. The van der Waals surface area contributed by atoms with E-state index in [1.165, 1.54) is 6.33 Å². The SMILES string of the molecule is Nc1cc(Br)cc(Cn2cnc3c(N)ncnc32)c1. The summed E-state index contributed by atoms with van der Waals surface area (Å²) < 4.78 is 2.86. The number of nitrogens with zero attached hydrogens (tertiary/aromatic N) is 4. The third-order valence-corrected chi connectivity index (χ3v) is 3.22. The Hall–Kier alpha value is -2.15. The molecule has 2 aromatic heterocycles. The van der Waals surface area contributed by atoms with Crippen LogP contribution in [0.5, 0.6) is 0 Å². The van der Waals surface area contributed by atoms with Gasteiger partial charge in [-0.05, 0) is 23.8 Å². The van der Waals surface area contributed by atoms with Gasteiger partial charge in [-0.1, -0.05) is 15.9 Å². The molecule has 19 heavy (non-hydrogen) atoms. The molecule has 0 radical (unpaired) electrons. The zero-order valence-corrected chi connectivity index (χ0v) is 11.5. The molecule has 1 aromatic carbocycles. The van der Waals surface area contributed by atoms with E-state index in [0.29, 0.717) is 29.2 Å². The lowest BCUT2D eigenvalue weighted by molar-refractivity contribution is 0.813. The number of benzene rings is 1. The molecule has 3 aromatic rings. The van der Waals surface area contributed by atoms with Crippen molar-refractivity contribution in [2.24, 2.45) is 0 Å². The molecule has 96 valence electrons. The first-order valence-electron chi connectivity index (χ1n) is 5.60. The molecule has 0 amide bonds. The van der Waals surface area contributed by atoms with E-state index in [9.17, 15) is 0 Å². The fourth-order valence-corrected chi connectivity index (χ4v) is 2.54. The van der Waals surface area contributed by atoms with E-state index in [1.807, 2.05) is 22.8 Å². The summed E-state index contributed by atoms with van der Waals surface area (Å²) in [7, 11) is 0. The van der Waals surface area contributed by atoms with Gasteiger partial charge >= 0.3 is 0 Å². The van der Waals surface area contributed by atoms with Crippen molar-refractivity contribution < 1.29 is 0 Å². The number of aromatic nitrogens is 4. The van der Waals surface area contributed by atoms with Crippen molar-refractivity contribution in [3.8, 4) is 0 Å². The summed E-state index contributed by atoms with van der Waals surface area (Å²) in [5.74, 6) is 0.387. The molecule has 3 rings (SSSR count). The van der Waals surface area contributed by atoms with Crippen LogP contribution in [0, 0.1) is 0 Å². The molecule has 0 aliphatic rings. The third kappa shape index (κ3) is 2.24. The molecule has 7 heteroatoms. The van der Waals surface area contributed by atoms with E-state index in [-0.39, 0.29) is 0 Å². The standard InChI is InChI=1S/C12H11BrN6/c13-8-1-7(2-9(14)3-8)4-19-6-18-10-11(15)16-5-17-12(10)19/h1-3,5-6H,4,14H2,(H2,15,16,17). The maximum Gasteiger partial charge on any atom is 0.165 e. The molecule has 0 aliphatic carbocycles. The number of halogens is 1. The summed E-state index contributed by atoms with van der Waals surface area (Å²) in [6.45, 7) is 0.622. The highest BCUT2D eigenvalue weighted by atomic mass is 79.9. The van der Waals surface area contributed by atoms with Gasteiger partial charge in [-0.3, -0.25) is 0 Å². The lowest BCUT2D eigenvalue weighted by Crippen LogP contribution is -2.01. The lowest BCUT2D eigenvalue weighted by atomic mass is 10.2. The molecule has 0 aliphatic heterocycles. The van der Waals surface area contributed by atoms with E-state index in [0.717, 1.165) is 10.0 Å². The number of hydrogen-bond acceptors (Lipinski definition) is 5. The van der Waals surface area contributed by atoms with E-state index in [2.05, 4.69) is 30.9 Å². The van der Waals surface area contributed by atoms with Gasteiger partial charge in [0.05, 0.1) is 12.9 Å². The summed E-state index contributed by atoms with van der Waals surface area (Å²) in [5.41, 5.74) is 14.7. The van der Waals surface area contributed by atoms with Gasteiger partial charge in [0, 0.05) is 10.2 Å². The molecule has 0 bridgehead atoms. The highest BCUT2D eigenvalue weighted by molar-refractivity contribution is 9.10. The number of hydrogen-bond donors (Lipinski definition) is 2. The summed E-state index contributed by atoms with van der Waals surface area (Å²) in [4.78, 5) is 12.4.